The summed E-state index contributed by atoms with van der Waals surface area (Å²) in [5, 5.41) is 1.17. The van der Waals surface area contributed by atoms with Crippen molar-refractivity contribution in [2.75, 3.05) is 4.72 Å². The van der Waals surface area contributed by atoms with E-state index in [1.807, 2.05) is 50.4 Å². The molecule has 1 aromatic heterocycles. The number of fused-ring (bicyclic) bond motifs is 1. The fraction of sp³-hybridized carbons (Fsp3) is 0.200. The zero-order valence-electron chi connectivity index (χ0n) is 17.7. The van der Waals surface area contributed by atoms with Gasteiger partial charge >= 0.3 is 0 Å². The first-order valence-corrected chi connectivity index (χ1v) is 11.4. The lowest BCUT2D eigenvalue weighted by Crippen LogP contribution is -2.22. The van der Waals surface area contributed by atoms with Gasteiger partial charge in [0, 0.05) is 29.6 Å². The SMILES string of the molecule is Cc1ccc(S(=O)(=O)Nc2ccccc2C(C)(C)c2cn(C)c3ccccc23)cc1. The first-order chi connectivity index (χ1) is 14.2. The molecule has 0 bridgehead atoms. The van der Waals surface area contributed by atoms with Crippen molar-refractivity contribution >= 4 is 26.6 Å². The van der Waals surface area contributed by atoms with Gasteiger partial charge in [0.25, 0.3) is 10.0 Å². The van der Waals surface area contributed by atoms with Crippen molar-refractivity contribution in [1.82, 2.24) is 4.57 Å². The van der Waals surface area contributed by atoms with Crippen LogP contribution >= 0.6 is 0 Å². The van der Waals surface area contributed by atoms with E-state index in [2.05, 4.69) is 41.5 Å². The third kappa shape index (κ3) is 3.50. The van der Waals surface area contributed by atoms with Crippen LogP contribution < -0.4 is 4.72 Å². The number of anilines is 1. The summed E-state index contributed by atoms with van der Waals surface area (Å²) in [5.41, 5.74) is 4.44. The molecule has 4 rings (SSSR count). The summed E-state index contributed by atoms with van der Waals surface area (Å²) in [7, 11) is -1.65. The van der Waals surface area contributed by atoms with Crippen LogP contribution in [0.3, 0.4) is 0 Å². The summed E-state index contributed by atoms with van der Waals surface area (Å²) >= 11 is 0. The molecular weight excluding hydrogens is 392 g/mol. The quantitative estimate of drug-likeness (QED) is 0.458. The molecule has 0 amide bonds. The molecule has 0 aliphatic carbocycles. The topological polar surface area (TPSA) is 51.1 Å². The Balaban J connectivity index is 1.80. The van der Waals surface area contributed by atoms with E-state index in [9.17, 15) is 8.42 Å². The molecule has 0 aliphatic heterocycles. The molecule has 4 nitrogen and oxygen atoms in total. The number of benzene rings is 3. The van der Waals surface area contributed by atoms with Gasteiger partial charge in [-0.1, -0.05) is 67.9 Å². The van der Waals surface area contributed by atoms with Crippen LogP contribution in [-0.4, -0.2) is 13.0 Å². The average molecular weight is 419 g/mol. The van der Waals surface area contributed by atoms with Gasteiger partial charge in [0.05, 0.1) is 10.6 Å². The molecule has 0 atom stereocenters. The summed E-state index contributed by atoms with van der Waals surface area (Å²) in [6.07, 6.45) is 2.13. The Labute approximate surface area is 178 Å². The van der Waals surface area contributed by atoms with Gasteiger partial charge in [-0.25, -0.2) is 8.42 Å². The summed E-state index contributed by atoms with van der Waals surface area (Å²) < 4.78 is 31.0. The second-order valence-corrected chi connectivity index (χ2v) is 9.94. The van der Waals surface area contributed by atoms with E-state index in [1.165, 1.54) is 5.39 Å². The Bertz CT molecular complexity index is 1320. The largest absolute Gasteiger partial charge is 0.350 e. The number of nitrogens with zero attached hydrogens (tertiary/aromatic N) is 1. The highest BCUT2D eigenvalue weighted by Crippen LogP contribution is 2.40. The van der Waals surface area contributed by atoms with E-state index in [1.54, 1.807) is 24.3 Å². The van der Waals surface area contributed by atoms with Crippen LogP contribution in [0.4, 0.5) is 5.69 Å². The molecule has 154 valence electrons. The fourth-order valence-electron chi connectivity index (χ4n) is 4.02. The Morgan fingerprint density at radius 3 is 2.20 bits per heavy atom. The molecule has 0 aliphatic rings. The minimum atomic E-state index is -3.69. The van der Waals surface area contributed by atoms with Crippen LogP contribution in [0.5, 0.6) is 0 Å². The van der Waals surface area contributed by atoms with Gasteiger partial charge in [0.2, 0.25) is 0 Å². The van der Waals surface area contributed by atoms with E-state index in [0.29, 0.717) is 5.69 Å². The predicted octanol–water partition coefficient (Wildman–Crippen LogP) is 5.61. The van der Waals surface area contributed by atoms with Gasteiger partial charge in [-0.15, -0.1) is 0 Å². The number of para-hydroxylation sites is 2. The third-order valence-corrected chi connectivity index (χ3v) is 7.13. The summed E-state index contributed by atoms with van der Waals surface area (Å²) in [5.74, 6) is 0. The molecule has 0 saturated carbocycles. The maximum absolute atomic E-state index is 13.0. The van der Waals surface area contributed by atoms with E-state index >= 15 is 0 Å². The van der Waals surface area contributed by atoms with Gasteiger partial charge in [-0.3, -0.25) is 4.72 Å². The number of sulfonamides is 1. The van der Waals surface area contributed by atoms with Crippen molar-refractivity contribution < 1.29 is 8.42 Å². The number of rotatable bonds is 5. The molecule has 0 unspecified atom stereocenters. The minimum Gasteiger partial charge on any atom is -0.350 e. The molecule has 30 heavy (non-hydrogen) atoms. The lowest BCUT2D eigenvalue weighted by atomic mass is 9.77. The molecule has 0 fully saturated rings. The van der Waals surface area contributed by atoms with E-state index < -0.39 is 15.4 Å². The fourth-order valence-corrected chi connectivity index (χ4v) is 5.10. The molecule has 1 N–H and O–H groups in total. The minimum absolute atomic E-state index is 0.255. The summed E-state index contributed by atoms with van der Waals surface area (Å²) in [6.45, 7) is 6.20. The third-order valence-electron chi connectivity index (χ3n) is 5.75. The number of hydrogen-bond donors (Lipinski definition) is 1. The maximum atomic E-state index is 13.0. The normalized spacial score (nSPS) is 12.3. The van der Waals surface area contributed by atoms with Crippen molar-refractivity contribution in [1.29, 1.82) is 0 Å². The van der Waals surface area contributed by atoms with E-state index in [0.717, 1.165) is 22.2 Å². The highest BCUT2D eigenvalue weighted by molar-refractivity contribution is 7.92. The first kappa shape index (κ1) is 20.2. The number of aryl methyl sites for hydroxylation is 2. The van der Waals surface area contributed by atoms with Gasteiger partial charge in [-0.2, -0.15) is 0 Å². The Kier molecular flexibility index (Phi) is 4.94. The van der Waals surface area contributed by atoms with Crippen LogP contribution in [-0.2, 0) is 22.5 Å². The molecule has 1 heterocycles. The monoisotopic (exact) mass is 418 g/mol. The molecule has 0 spiro atoms. The van der Waals surface area contributed by atoms with Crippen molar-refractivity contribution in [2.45, 2.75) is 31.1 Å². The molecule has 4 aromatic rings. The number of aromatic nitrogens is 1. The lowest BCUT2D eigenvalue weighted by Gasteiger charge is -2.28. The van der Waals surface area contributed by atoms with Crippen LogP contribution in [0.15, 0.2) is 83.9 Å². The first-order valence-electron chi connectivity index (χ1n) is 9.94. The predicted molar refractivity (Wildman–Crippen MR) is 123 cm³/mol. The van der Waals surface area contributed by atoms with Crippen LogP contribution in [0.1, 0.15) is 30.5 Å². The molecule has 0 saturated heterocycles. The van der Waals surface area contributed by atoms with Crippen molar-refractivity contribution in [2.24, 2.45) is 7.05 Å². The molecule has 5 heteroatoms. The smallest absolute Gasteiger partial charge is 0.261 e. The Hall–Kier alpha value is -3.05. The van der Waals surface area contributed by atoms with Gasteiger partial charge in [0.15, 0.2) is 0 Å². The maximum Gasteiger partial charge on any atom is 0.261 e. The van der Waals surface area contributed by atoms with Crippen molar-refractivity contribution in [3.8, 4) is 0 Å². The highest BCUT2D eigenvalue weighted by atomic mass is 32.2. The van der Waals surface area contributed by atoms with Gasteiger partial charge < -0.3 is 4.57 Å². The van der Waals surface area contributed by atoms with E-state index in [4.69, 9.17) is 0 Å². The Morgan fingerprint density at radius 1 is 0.833 bits per heavy atom. The second kappa shape index (κ2) is 7.33. The van der Waals surface area contributed by atoms with Crippen molar-refractivity contribution in [3.05, 3.63) is 95.7 Å². The molecule has 3 aromatic carbocycles. The van der Waals surface area contributed by atoms with Crippen LogP contribution in [0.25, 0.3) is 10.9 Å². The summed E-state index contributed by atoms with van der Waals surface area (Å²) in [4.78, 5) is 0.255. The number of hydrogen-bond acceptors (Lipinski definition) is 2. The lowest BCUT2D eigenvalue weighted by molar-refractivity contribution is 0.600. The zero-order chi connectivity index (χ0) is 21.5. The number of nitrogens with one attached hydrogen (secondary N) is 1. The average Bonchev–Trinajstić information content (AvgIpc) is 3.06. The highest BCUT2D eigenvalue weighted by Gasteiger charge is 2.30. The standard InChI is InChI=1S/C25H26N2O2S/c1-18-13-15-19(16-14-18)30(28,29)26-23-11-7-6-10-21(23)25(2,3)22-17-27(4)24-12-8-5-9-20(22)24/h5-17,26H,1-4H3. The second-order valence-electron chi connectivity index (χ2n) is 8.26. The molecular formula is C25H26N2O2S. The van der Waals surface area contributed by atoms with Gasteiger partial charge in [-0.05, 0) is 42.3 Å². The summed E-state index contributed by atoms with van der Waals surface area (Å²) in [6, 6.07) is 22.8. The van der Waals surface area contributed by atoms with Gasteiger partial charge in [0.1, 0.15) is 0 Å². The zero-order valence-corrected chi connectivity index (χ0v) is 18.5. The molecule has 0 radical (unpaired) electrons. The Morgan fingerprint density at radius 2 is 1.47 bits per heavy atom. The van der Waals surface area contributed by atoms with Crippen LogP contribution in [0.2, 0.25) is 0 Å². The van der Waals surface area contributed by atoms with Crippen LogP contribution in [0, 0.1) is 6.92 Å². The van der Waals surface area contributed by atoms with E-state index in [-0.39, 0.29) is 4.90 Å². The van der Waals surface area contributed by atoms with Crippen molar-refractivity contribution in [3.63, 3.8) is 0 Å².